The average Bonchev–Trinajstić information content (AvgIpc) is 2.83. The fourth-order valence-corrected chi connectivity index (χ4v) is 3.27. The second kappa shape index (κ2) is 15.0. The normalized spacial score (nSPS) is 10.9. The Hall–Kier alpha value is -3.02. The van der Waals surface area contributed by atoms with Gasteiger partial charge in [0.05, 0.1) is 24.3 Å². The molecule has 2 amide bonds. The second-order valence-corrected chi connectivity index (χ2v) is 9.33. The first-order valence-electron chi connectivity index (χ1n) is 12.4. The van der Waals surface area contributed by atoms with Crippen molar-refractivity contribution in [3.63, 3.8) is 0 Å². The van der Waals surface area contributed by atoms with Crippen LogP contribution in [0, 0.1) is 11.8 Å². The Morgan fingerprint density at radius 2 is 1.03 bits per heavy atom. The van der Waals surface area contributed by atoms with Crippen molar-refractivity contribution in [1.82, 2.24) is 10.6 Å². The lowest BCUT2D eigenvalue weighted by molar-refractivity contribution is 0.0938. The number of unbranched alkanes of at least 4 members (excludes halogenated alkanes) is 3. The molecule has 0 spiro atoms. The van der Waals surface area contributed by atoms with E-state index < -0.39 is 0 Å². The number of amides is 2. The third kappa shape index (κ3) is 9.86. The molecule has 0 aromatic heterocycles. The van der Waals surface area contributed by atoms with Crippen LogP contribution in [0.5, 0.6) is 11.5 Å². The molecule has 0 atom stereocenters. The van der Waals surface area contributed by atoms with E-state index in [0.29, 0.717) is 60.8 Å². The summed E-state index contributed by atoms with van der Waals surface area (Å²) in [5.41, 5.74) is 1.15. The lowest BCUT2D eigenvalue weighted by Crippen LogP contribution is -2.26. The Labute approximate surface area is 204 Å². The second-order valence-electron chi connectivity index (χ2n) is 9.33. The van der Waals surface area contributed by atoms with Crippen molar-refractivity contribution in [2.24, 2.45) is 11.8 Å². The number of rotatable bonds is 15. The van der Waals surface area contributed by atoms with Crippen molar-refractivity contribution in [2.75, 3.05) is 26.3 Å². The number of carbonyl (C=O) groups excluding carboxylic acids is 2. The largest absolute Gasteiger partial charge is 0.492 e. The number of nitrogens with one attached hydrogen (secondary N) is 2. The van der Waals surface area contributed by atoms with Gasteiger partial charge in [-0.2, -0.15) is 0 Å². The minimum atomic E-state index is -0.107. The van der Waals surface area contributed by atoms with Crippen LogP contribution in [0.25, 0.3) is 0 Å². The van der Waals surface area contributed by atoms with Crippen molar-refractivity contribution in [1.29, 1.82) is 0 Å². The van der Waals surface area contributed by atoms with Crippen LogP contribution >= 0.6 is 0 Å². The van der Waals surface area contributed by atoms with E-state index in [1.54, 1.807) is 12.1 Å². The van der Waals surface area contributed by atoms with Gasteiger partial charge in [-0.15, -0.1) is 0 Å². The summed E-state index contributed by atoms with van der Waals surface area (Å²) >= 11 is 0. The lowest BCUT2D eigenvalue weighted by atomic mass is 10.1. The quantitative estimate of drug-likeness (QED) is 0.340. The highest BCUT2D eigenvalue weighted by molar-refractivity contribution is 5.97. The molecule has 0 radical (unpaired) electrons. The summed E-state index contributed by atoms with van der Waals surface area (Å²) in [5.74, 6) is 1.83. The molecule has 6 heteroatoms. The summed E-state index contributed by atoms with van der Waals surface area (Å²) in [6.45, 7) is 10.7. The molecule has 0 heterocycles. The van der Waals surface area contributed by atoms with Crippen LogP contribution in [-0.4, -0.2) is 38.1 Å². The number of hydrogen-bond acceptors (Lipinski definition) is 4. The molecule has 2 rings (SSSR count). The van der Waals surface area contributed by atoms with Gasteiger partial charge in [0.2, 0.25) is 0 Å². The Kier molecular flexibility index (Phi) is 12.0. The molecule has 2 aromatic rings. The van der Waals surface area contributed by atoms with E-state index in [1.165, 1.54) is 0 Å². The summed E-state index contributed by atoms with van der Waals surface area (Å²) in [6.07, 6.45) is 3.74. The monoisotopic (exact) mass is 468 g/mol. The molecule has 0 aliphatic carbocycles. The zero-order chi connectivity index (χ0) is 24.8. The predicted molar refractivity (Wildman–Crippen MR) is 137 cm³/mol. The predicted octanol–water partition coefficient (Wildman–Crippen LogP) is 5.48. The van der Waals surface area contributed by atoms with E-state index in [-0.39, 0.29) is 11.8 Å². The van der Waals surface area contributed by atoms with Crippen LogP contribution < -0.4 is 20.1 Å². The third-order valence-electron chi connectivity index (χ3n) is 5.08. The summed E-state index contributed by atoms with van der Waals surface area (Å²) in [5, 5.41) is 5.96. The van der Waals surface area contributed by atoms with E-state index in [9.17, 15) is 9.59 Å². The van der Waals surface area contributed by atoms with E-state index >= 15 is 0 Å². The van der Waals surface area contributed by atoms with Gasteiger partial charge in [0, 0.05) is 13.1 Å². The molecule has 0 bridgehead atoms. The number of para-hydroxylation sites is 2. The first-order valence-corrected chi connectivity index (χ1v) is 12.4. The SMILES string of the molecule is CC(C)COc1ccccc1C(=O)NCCCCCCNC(=O)c1ccccc1OCC(C)C. The fourth-order valence-electron chi connectivity index (χ4n) is 3.27. The number of ether oxygens (including phenoxy) is 2. The van der Waals surface area contributed by atoms with Crippen molar-refractivity contribution in [3.05, 3.63) is 59.7 Å². The first kappa shape index (κ1) is 27.2. The molecular formula is C28H40N2O4. The van der Waals surface area contributed by atoms with Crippen LogP contribution in [0.15, 0.2) is 48.5 Å². The minimum Gasteiger partial charge on any atom is -0.492 e. The van der Waals surface area contributed by atoms with Gasteiger partial charge in [0.25, 0.3) is 11.8 Å². The minimum absolute atomic E-state index is 0.107. The van der Waals surface area contributed by atoms with E-state index in [1.807, 2.05) is 36.4 Å². The number of hydrogen-bond donors (Lipinski definition) is 2. The Bertz CT molecular complexity index is 822. The molecule has 2 N–H and O–H groups in total. The Morgan fingerprint density at radius 1 is 0.647 bits per heavy atom. The molecule has 34 heavy (non-hydrogen) atoms. The molecule has 0 fully saturated rings. The van der Waals surface area contributed by atoms with Gasteiger partial charge >= 0.3 is 0 Å². The van der Waals surface area contributed by atoms with Crippen LogP contribution in [0.2, 0.25) is 0 Å². The molecule has 0 unspecified atom stereocenters. The lowest BCUT2D eigenvalue weighted by Gasteiger charge is -2.13. The summed E-state index contributed by atoms with van der Waals surface area (Å²) in [4.78, 5) is 25.0. The van der Waals surface area contributed by atoms with Gasteiger partial charge in [0.15, 0.2) is 0 Å². The highest BCUT2D eigenvalue weighted by Crippen LogP contribution is 2.19. The molecule has 0 saturated heterocycles. The summed E-state index contributed by atoms with van der Waals surface area (Å²) in [7, 11) is 0. The van der Waals surface area contributed by atoms with Crippen LogP contribution in [0.4, 0.5) is 0 Å². The van der Waals surface area contributed by atoms with Gasteiger partial charge in [-0.3, -0.25) is 9.59 Å². The average molecular weight is 469 g/mol. The van der Waals surface area contributed by atoms with Crippen molar-refractivity contribution < 1.29 is 19.1 Å². The Balaban J connectivity index is 1.63. The topological polar surface area (TPSA) is 76.7 Å². The van der Waals surface area contributed by atoms with E-state index in [0.717, 1.165) is 25.7 Å². The first-order chi connectivity index (χ1) is 16.4. The molecule has 0 aliphatic heterocycles. The van der Waals surface area contributed by atoms with E-state index in [4.69, 9.17) is 9.47 Å². The van der Waals surface area contributed by atoms with Gasteiger partial charge in [-0.05, 0) is 48.9 Å². The van der Waals surface area contributed by atoms with Crippen LogP contribution in [0.3, 0.4) is 0 Å². The standard InChI is InChI=1S/C28H40N2O4/c1-21(2)19-33-25-15-9-7-13-23(25)27(31)29-17-11-5-6-12-18-30-28(32)24-14-8-10-16-26(24)34-20-22(3)4/h7-10,13-16,21-22H,5-6,11-12,17-20H2,1-4H3,(H,29,31)(H,30,32). The van der Waals surface area contributed by atoms with Crippen LogP contribution in [0.1, 0.15) is 74.1 Å². The van der Waals surface area contributed by atoms with Crippen LogP contribution in [-0.2, 0) is 0 Å². The smallest absolute Gasteiger partial charge is 0.255 e. The molecule has 186 valence electrons. The van der Waals surface area contributed by atoms with Gasteiger partial charge in [0.1, 0.15) is 11.5 Å². The number of carbonyl (C=O) groups is 2. The molecule has 6 nitrogen and oxygen atoms in total. The highest BCUT2D eigenvalue weighted by Gasteiger charge is 2.13. The fraction of sp³-hybridized carbons (Fsp3) is 0.500. The third-order valence-corrected chi connectivity index (χ3v) is 5.08. The maximum atomic E-state index is 12.5. The molecule has 2 aromatic carbocycles. The summed E-state index contributed by atoms with van der Waals surface area (Å²) < 4.78 is 11.5. The maximum absolute atomic E-state index is 12.5. The van der Waals surface area contributed by atoms with Gasteiger partial charge in [-0.1, -0.05) is 64.8 Å². The highest BCUT2D eigenvalue weighted by atomic mass is 16.5. The zero-order valence-electron chi connectivity index (χ0n) is 21.1. The Morgan fingerprint density at radius 3 is 1.41 bits per heavy atom. The van der Waals surface area contributed by atoms with Crippen molar-refractivity contribution in [2.45, 2.75) is 53.4 Å². The molecule has 0 aliphatic rings. The van der Waals surface area contributed by atoms with Gasteiger partial charge < -0.3 is 20.1 Å². The van der Waals surface area contributed by atoms with E-state index in [2.05, 4.69) is 38.3 Å². The summed E-state index contributed by atoms with van der Waals surface area (Å²) in [6, 6.07) is 14.7. The molecule has 0 saturated carbocycles. The zero-order valence-corrected chi connectivity index (χ0v) is 21.1. The van der Waals surface area contributed by atoms with Gasteiger partial charge in [-0.25, -0.2) is 0 Å². The maximum Gasteiger partial charge on any atom is 0.255 e. The van der Waals surface area contributed by atoms with Crippen molar-refractivity contribution >= 4 is 11.8 Å². The molecular weight excluding hydrogens is 428 g/mol. The number of benzene rings is 2. The van der Waals surface area contributed by atoms with Crippen molar-refractivity contribution in [3.8, 4) is 11.5 Å².